The highest BCUT2D eigenvalue weighted by Crippen LogP contribution is 2.59. The quantitative estimate of drug-likeness (QED) is 0.797. The molecule has 4 heteroatoms. The van der Waals surface area contributed by atoms with Gasteiger partial charge in [-0.15, -0.1) is 0 Å². The van der Waals surface area contributed by atoms with Gasteiger partial charge in [0.1, 0.15) is 5.78 Å². The third-order valence-corrected chi connectivity index (χ3v) is 4.99. The number of Topliss-reactive ketones (excluding diaryl/α,β-unsaturated/α-hetero) is 1. The van der Waals surface area contributed by atoms with Crippen LogP contribution in [0.5, 0.6) is 0 Å². The van der Waals surface area contributed by atoms with Gasteiger partial charge in [0, 0.05) is 23.7 Å². The lowest BCUT2D eigenvalue weighted by Crippen LogP contribution is -2.36. The Morgan fingerprint density at radius 2 is 2.11 bits per heavy atom. The SMILES string of the molecule is C/C(=C\[C@@H](C)C(=O)O)[C@@H]1OC[C@]2(C)CC(=O)C[C@]12C. The zero-order valence-corrected chi connectivity index (χ0v) is 12.0. The van der Waals surface area contributed by atoms with E-state index in [9.17, 15) is 9.59 Å². The number of ether oxygens (including phenoxy) is 1. The maximum Gasteiger partial charge on any atom is 0.310 e. The Bertz CT molecular complexity index is 453. The Morgan fingerprint density at radius 1 is 1.47 bits per heavy atom. The van der Waals surface area contributed by atoms with Gasteiger partial charge in [0.05, 0.1) is 18.6 Å². The highest BCUT2D eigenvalue weighted by atomic mass is 16.5. The number of carbonyl (C=O) groups is 2. The van der Waals surface area contributed by atoms with Gasteiger partial charge in [0.15, 0.2) is 0 Å². The lowest BCUT2D eigenvalue weighted by Gasteiger charge is -2.35. The Hall–Kier alpha value is -1.16. The van der Waals surface area contributed by atoms with Crippen molar-refractivity contribution in [3.05, 3.63) is 11.6 Å². The predicted octanol–water partition coefficient (Wildman–Crippen LogP) is 2.43. The summed E-state index contributed by atoms with van der Waals surface area (Å²) in [5, 5.41) is 8.98. The second-order valence-corrected chi connectivity index (χ2v) is 6.60. The van der Waals surface area contributed by atoms with Crippen LogP contribution >= 0.6 is 0 Å². The van der Waals surface area contributed by atoms with Crippen LogP contribution in [0.2, 0.25) is 0 Å². The molecule has 1 aliphatic carbocycles. The number of carbonyl (C=O) groups excluding carboxylic acids is 1. The van der Waals surface area contributed by atoms with Gasteiger partial charge in [-0.1, -0.05) is 19.9 Å². The molecule has 0 aromatic rings. The van der Waals surface area contributed by atoms with Crippen molar-refractivity contribution in [3.63, 3.8) is 0 Å². The number of hydrogen-bond donors (Lipinski definition) is 1. The van der Waals surface area contributed by atoms with Gasteiger partial charge < -0.3 is 9.84 Å². The average molecular weight is 266 g/mol. The van der Waals surface area contributed by atoms with Crippen LogP contribution in [0, 0.1) is 16.7 Å². The molecule has 1 saturated carbocycles. The van der Waals surface area contributed by atoms with Crippen LogP contribution in [0.25, 0.3) is 0 Å². The predicted molar refractivity (Wildman–Crippen MR) is 70.8 cm³/mol. The highest BCUT2D eigenvalue weighted by Gasteiger charge is 2.61. The number of rotatable bonds is 3. The summed E-state index contributed by atoms with van der Waals surface area (Å²) in [7, 11) is 0. The summed E-state index contributed by atoms with van der Waals surface area (Å²) in [6.07, 6.45) is 2.70. The number of carboxylic acid groups (broad SMARTS) is 1. The summed E-state index contributed by atoms with van der Waals surface area (Å²) in [4.78, 5) is 22.7. The number of ketones is 1. The summed E-state index contributed by atoms with van der Waals surface area (Å²) in [6.45, 7) is 8.34. The molecule has 0 bridgehead atoms. The molecular formula is C15H22O4. The third kappa shape index (κ3) is 2.12. The van der Waals surface area contributed by atoms with Crippen molar-refractivity contribution in [3.8, 4) is 0 Å². The maximum absolute atomic E-state index is 11.8. The van der Waals surface area contributed by atoms with Crippen molar-refractivity contribution in [2.75, 3.05) is 6.61 Å². The molecule has 0 aromatic heterocycles. The Balaban J connectivity index is 2.27. The van der Waals surface area contributed by atoms with Crippen LogP contribution in [-0.4, -0.2) is 29.6 Å². The van der Waals surface area contributed by atoms with E-state index < -0.39 is 11.9 Å². The van der Waals surface area contributed by atoms with Crippen LogP contribution < -0.4 is 0 Å². The van der Waals surface area contributed by atoms with Gasteiger partial charge in [-0.25, -0.2) is 0 Å². The van der Waals surface area contributed by atoms with Crippen molar-refractivity contribution in [1.29, 1.82) is 0 Å². The first-order valence-electron chi connectivity index (χ1n) is 6.74. The Morgan fingerprint density at radius 3 is 2.68 bits per heavy atom. The first-order chi connectivity index (χ1) is 8.69. The summed E-state index contributed by atoms with van der Waals surface area (Å²) in [6, 6.07) is 0. The van der Waals surface area contributed by atoms with Gasteiger partial charge in [-0.3, -0.25) is 9.59 Å². The van der Waals surface area contributed by atoms with E-state index in [1.165, 1.54) is 0 Å². The third-order valence-electron chi connectivity index (χ3n) is 4.99. The van der Waals surface area contributed by atoms with Crippen molar-refractivity contribution < 1.29 is 19.4 Å². The molecule has 0 radical (unpaired) electrons. The van der Waals surface area contributed by atoms with Gasteiger partial charge in [-0.05, 0) is 19.4 Å². The summed E-state index contributed by atoms with van der Waals surface area (Å²) < 4.78 is 5.90. The van der Waals surface area contributed by atoms with Gasteiger partial charge >= 0.3 is 5.97 Å². The molecule has 1 aliphatic heterocycles. The van der Waals surface area contributed by atoms with Crippen molar-refractivity contribution in [1.82, 2.24) is 0 Å². The minimum Gasteiger partial charge on any atom is -0.481 e. The first-order valence-corrected chi connectivity index (χ1v) is 6.74. The second-order valence-electron chi connectivity index (χ2n) is 6.60. The van der Waals surface area contributed by atoms with Crippen LogP contribution in [0.15, 0.2) is 11.6 Å². The molecule has 2 aliphatic rings. The number of fused-ring (bicyclic) bond motifs is 1. The van der Waals surface area contributed by atoms with E-state index >= 15 is 0 Å². The van der Waals surface area contributed by atoms with E-state index in [1.54, 1.807) is 13.0 Å². The van der Waals surface area contributed by atoms with Gasteiger partial charge in [0.25, 0.3) is 0 Å². The van der Waals surface area contributed by atoms with Crippen LogP contribution in [-0.2, 0) is 14.3 Å². The van der Waals surface area contributed by atoms with E-state index in [4.69, 9.17) is 9.84 Å². The number of aliphatic carboxylic acids is 1. The van der Waals surface area contributed by atoms with E-state index in [2.05, 4.69) is 13.8 Å². The number of carboxylic acids is 1. The lowest BCUT2D eigenvalue weighted by atomic mass is 9.66. The molecule has 1 heterocycles. The molecule has 1 saturated heterocycles. The molecule has 0 spiro atoms. The zero-order chi connectivity index (χ0) is 14.4. The lowest BCUT2D eigenvalue weighted by molar-refractivity contribution is -0.139. The molecule has 4 atom stereocenters. The topological polar surface area (TPSA) is 63.6 Å². The fourth-order valence-electron chi connectivity index (χ4n) is 3.59. The summed E-state index contributed by atoms with van der Waals surface area (Å²) in [5.74, 6) is -1.08. The first kappa shape index (κ1) is 14.3. The molecule has 0 aromatic carbocycles. The molecule has 0 unspecified atom stereocenters. The fraction of sp³-hybridized carbons (Fsp3) is 0.733. The van der Waals surface area contributed by atoms with Gasteiger partial charge in [0.2, 0.25) is 0 Å². The molecule has 2 fully saturated rings. The monoisotopic (exact) mass is 266 g/mol. The summed E-state index contributed by atoms with van der Waals surface area (Å²) >= 11 is 0. The van der Waals surface area contributed by atoms with Gasteiger partial charge in [-0.2, -0.15) is 0 Å². The molecule has 19 heavy (non-hydrogen) atoms. The minimum atomic E-state index is -0.840. The fourth-order valence-corrected chi connectivity index (χ4v) is 3.59. The molecule has 4 nitrogen and oxygen atoms in total. The van der Waals surface area contributed by atoms with Crippen molar-refractivity contribution in [2.45, 2.75) is 46.6 Å². The van der Waals surface area contributed by atoms with Crippen molar-refractivity contribution >= 4 is 11.8 Å². The largest absolute Gasteiger partial charge is 0.481 e. The Labute approximate surface area is 113 Å². The van der Waals surface area contributed by atoms with E-state index in [0.29, 0.717) is 19.4 Å². The molecular weight excluding hydrogens is 244 g/mol. The molecule has 0 amide bonds. The second kappa shape index (κ2) is 4.44. The standard InChI is InChI=1S/C15H22O4/c1-9(5-10(2)13(17)18)12-15(4)7-11(16)6-14(15,3)8-19-12/h5,10,12H,6-8H2,1-4H3,(H,17,18)/b9-5+/t10-,12+,14+,15-/m1/s1. The molecule has 2 rings (SSSR count). The zero-order valence-electron chi connectivity index (χ0n) is 12.0. The van der Waals surface area contributed by atoms with Crippen LogP contribution in [0.4, 0.5) is 0 Å². The highest BCUT2D eigenvalue weighted by molar-refractivity contribution is 5.83. The minimum absolute atomic E-state index is 0.115. The van der Waals surface area contributed by atoms with Crippen molar-refractivity contribution in [2.24, 2.45) is 16.7 Å². The molecule has 106 valence electrons. The van der Waals surface area contributed by atoms with E-state index in [1.807, 2.05) is 6.92 Å². The normalized spacial score (nSPS) is 40.3. The number of hydrogen-bond acceptors (Lipinski definition) is 3. The maximum atomic E-state index is 11.8. The van der Waals surface area contributed by atoms with Crippen LogP contribution in [0.1, 0.15) is 40.5 Å². The smallest absolute Gasteiger partial charge is 0.310 e. The van der Waals surface area contributed by atoms with E-state index in [-0.39, 0.29) is 22.7 Å². The Kier molecular flexibility index (Phi) is 3.33. The summed E-state index contributed by atoms with van der Waals surface area (Å²) in [5.41, 5.74) is 0.606. The average Bonchev–Trinajstić information content (AvgIpc) is 2.62. The van der Waals surface area contributed by atoms with Crippen LogP contribution in [0.3, 0.4) is 0 Å². The van der Waals surface area contributed by atoms with E-state index in [0.717, 1.165) is 5.57 Å². The molecule has 1 N–H and O–H groups in total.